The molecule has 0 saturated heterocycles. The summed E-state index contributed by atoms with van der Waals surface area (Å²) in [6.07, 6.45) is 1.13. The topological polar surface area (TPSA) is 63.6 Å². The van der Waals surface area contributed by atoms with Gasteiger partial charge in [0.25, 0.3) is 0 Å². The van der Waals surface area contributed by atoms with Crippen molar-refractivity contribution in [1.29, 1.82) is 0 Å². The van der Waals surface area contributed by atoms with Gasteiger partial charge in [-0.3, -0.25) is 4.79 Å². The van der Waals surface area contributed by atoms with Crippen molar-refractivity contribution in [3.63, 3.8) is 0 Å². The van der Waals surface area contributed by atoms with E-state index in [0.717, 1.165) is 6.29 Å². The number of carbonyl (C=O) groups is 2. The van der Waals surface area contributed by atoms with Crippen LogP contribution in [0.2, 0.25) is 0 Å². The van der Waals surface area contributed by atoms with Crippen molar-refractivity contribution in [3.05, 3.63) is 0 Å². The smallest absolute Gasteiger partial charge is 0.308 e. The fourth-order valence-electron chi connectivity index (χ4n) is 0.976. The van der Waals surface area contributed by atoms with Gasteiger partial charge in [0.15, 0.2) is 0 Å². The highest BCUT2D eigenvalue weighted by Crippen LogP contribution is 2.06. The van der Waals surface area contributed by atoms with Gasteiger partial charge in [-0.05, 0) is 12.8 Å². The van der Waals surface area contributed by atoms with Crippen molar-refractivity contribution in [2.24, 2.45) is 0 Å². The molecule has 0 rings (SSSR count). The van der Waals surface area contributed by atoms with Gasteiger partial charge in [0, 0.05) is 6.42 Å². The fourth-order valence-corrected chi connectivity index (χ4v) is 0.976. The van der Waals surface area contributed by atoms with Crippen molar-refractivity contribution < 1.29 is 19.4 Å². The Labute approximate surface area is 84.3 Å². The first-order chi connectivity index (χ1) is 6.63. The van der Waals surface area contributed by atoms with Gasteiger partial charge in [0.2, 0.25) is 0 Å². The molecule has 0 aromatic heterocycles. The lowest BCUT2D eigenvalue weighted by Gasteiger charge is -2.14. The quantitative estimate of drug-likeness (QED) is 0.495. The third-order valence-corrected chi connectivity index (χ3v) is 1.99. The number of rotatable bonds is 7. The number of carbonyl (C=O) groups excluding carboxylic acids is 2. The zero-order valence-electron chi connectivity index (χ0n) is 8.73. The fraction of sp³-hybridized carbons (Fsp3) is 0.800. The molecule has 0 heterocycles. The summed E-state index contributed by atoms with van der Waals surface area (Å²) in [4.78, 5) is 21.4. The van der Waals surface area contributed by atoms with Crippen LogP contribution in [0.1, 0.15) is 39.5 Å². The van der Waals surface area contributed by atoms with Crippen molar-refractivity contribution in [3.8, 4) is 0 Å². The Morgan fingerprint density at radius 3 is 2.50 bits per heavy atom. The second-order valence-electron chi connectivity index (χ2n) is 3.19. The molecule has 4 heteroatoms. The number of aliphatic hydroxyl groups excluding tert-OH is 1. The largest absolute Gasteiger partial charge is 0.462 e. The van der Waals surface area contributed by atoms with Crippen LogP contribution >= 0.6 is 0 Å². The molecule has 14 heavy (non-hydrogen) atoms. The summed E-state index contributed by atoms with van der Waals surface area (Å²) in [5.74, 6) is -0.437. The van der Waals surface area contributed by atoms with E-state index in [2.05, 4.69) is 0 Å². The molecule has 0 saturated carbocycles. The van der Waals surface area contributed by atoms with E-state index in [-0.39, 0.29) is 18.9 Å². The van der Waals surface area contributed by atoms with Crippen LogP contribution in [-0.4, -0.2) is 29.6 Å². The van der Waals surface area contributed by atoms with Gasteiger partial charge in [-0.25, -0.2) is 0 Å². The van der Waals surface area contributed by atoms with Crippen LogP contribution in [0.5, 0.6) is 0 Å². The van der Waals surface area contributed by atoms with E-state index < -0.39 is 12.1 Å². The Bertz CT molecular complexity index is 179. The van der Waals surface area contributed by atoms with Gasteiger partial charge < -0.3 is 14.6 Å². The summed E-state index contributed by atoms with van der Waals surface area (Å²) in [7, 11) is 0. The minimum Gasteiger partial charge on any atom is -0.462 e. The Balaban J connectivity index is 3.83. The molecule has 1 N–H and O–H groups in total. The molecule has 0 spiro atoms. The molecular weight excluding hydrogens is 184 g/mol. The van der Waals surface area contributed by atoms with Gasteiger partial charge in [-0.1, -0.05) is 13.8 Å². The van der Waals surface area contributed by atoms with E-state index >= 15 is 0 Å². The monoisotopic (exact) mass is 202 g/mol. The maximum absolute atomic E-state index is 11.2. The normalized spacial score (nSPS) is 14.5. The molecule has 0 bridgehead atoms. The van der Waals surface area contributed by atoms with E-state index in [4.69, 9.17) is 4.74 Å². The third kappa shape index (κ3) is 5.70. The summed E-state index contributed by atoms with van der Waals surface area (Å²) in [5.41, 5.74) is 0. The lowest BCUT2D eigenvalue weighted by Crippen LogP contribution is -2.21. The average Bonchev–Trinajstić information content (AvgIpc) is 2.16. The summed E-state index contributed by atoms with van der Waals surface area (Å²) < 4.78 is 4.98. The van der Waals surface area contributed by atoms with E-state index in [1.54, 1.807) is 6.92 Å². The lowest BCUT2D eigenvalue weighted by molar-refractivity contribution is -0.151. The Morgan fingerprint density at radius 1 is 1.43 bits per heavy atom. The summed E-state index contributed by atoms with van der Waals surface area (Å²) >= 11 is 0. The maximum atomic E-state index is 11.2. The first-order valence-electron chi connectivity index (χ1n) is 4.95. The minimum atomic E-state index is -0.642. The second-order valence-corrected chi connectivity index (χ2v) is 3.19. The Morgan fingerprint density at radius 2 is 2.07 bits per heavy atom. The highest BCUT2D eigenvalue weighted by atomic mass is 16.5. The van der Waals surface area contributed by atoms with Gasteiger partial charge in [0.05, 0.1) is 12.5 Å². The molecule has 2 unspecified atom stereocenters. The van der Waals surface area contributed by atoms with Crippen LogP contribution in [-0.2, 0) is 14.3 Å². The number of ether oxygens (including phenoxy) is 1. The van der Waals surface area contributed by atoms with Crippen molar-refractivity contribution >= 4 is 12.3 Å². The minimum absolute atomic E-state index is 0.00581. The van der Waals surface area contributed by atoms with Crippen LogP contribution in [0, 0.1) is 0 Å². The molecule has 0 aliphatic rings. The molecule has 4 nitrogen and oxygen atoms in total. The van der Waals surface area contributed by atoms with Crippen LogP contribution in [0.15, 0.2) is 0 Å². The second kappa shape index (κ2) is 7.50. The molecule has 0 aliphatic heterocycles. The van der Waals surface area contributed by atoms with Gasteiger partial charge in [-0.15, -0.1) is 0 Å². The highest BCUT2D eigenvalue weighted by molar-refractivity contribution is 5.70. The van der Waals surface area contributed by atoms with Crippen molar-refractivity contribution in [2.75, 3.05) is 0 Å². The maximum Gasteiger partial charge on any atom is 0.308 e. The average molecular weight is 202 g/mol. The van der Waals surface area contributed by atoms with Crippen LogP contribution in [0.25, 0.3) is 0 Å². The van der Waals surface area contributed by atoms with Crippen LogP contribution < -0.4 is 0 Å². The molecule has 0 amide bonds. The first kappa shape index (κ1) is 13.1. The zero-order valence-corrected chi connectivity index (χ0v) is 8.73. The van der Waals surface area contributed by atoms with E-state index in [0.29, 0.717) is 12.8 Å². The number of hydrogen-bond donors (Lipinski definition) is 1. The van der Waals surface area contributed by atoms with Crippen LogP contribution in [0.3, 0.4) is 0 Å². The number of aliphatic hydroxyl groups is 1. The molecule has 0 aliphatic carbocycles. The Kier molecular flexibility index (Phi) is 7.02. The Hall–Kier alpha value is -0.900. The third-order valence-electron chi connectivity index (χ3n) is 1.99. The molecule has 2 atom stereocenters. The van der Waals surface area contributed by atoms with Gasteiger partial charge >= 0.3 is 5.97 Å². The standard InChI is InChI=1S/C10H18O4/c1-3-8(12)7-10(13)14-9(4-2)5-6-11/h6,8-9,12H,3-5,7H2,1-2H3. The van der Waals surface area contributed by atoms with E-state index in [9.17, 15) is 14.7 Å². The lowest BCUT2D eigenvalue weighted by atomic mass is 10.2. The summed E-state index contributed by atoms with van der Waals surface area (Å²) in [5, 5.41) is 9.17. The molecule has 82 valence electrons. The van der Waals surface area contributed by atoms with Crippen LogP contribution in [0.4, 0.5) is 0 Å². The highest BCUT2D eigenvalue weighted by Gasteiger charge is 2.14. The summed E-state index contributed by atoms with van der Waals surface area (Å²) in [6.45, 7) is 3.64. The van der Waals surface area contributed by atoms with E-state index in [1.165, 1.54) is 0 Å². The number of esters is 1. The predicted octanol–water partition coefficient (Wildman–Crippen LogP) is 1.06. The molecular formula is C10H18O4. The molecule has 0 aromatic rings. The number of aldehydes is 1. The molecule has 0 fully saturated rings. The molecule has 0 aromatic carbocycles. The van der Waals surface area contributed by atoms with Crippen molar-refractivity contribution in [2.45, 2.75) is 51.7 Å². The SMILES string of the molecule is CCC(O)CC(=O)OC(CC)CC=O. The van der Waals surface area contributed by atoms with Gasteiger partial charge in [-0.2, -0.15) is 0 Å². The first-order valence-corrected chi connectivity index (χ1v) is 4.95. The summed E-state index contributed by atoms with van der Waals surface area (Å²) in [6, 6.07) is 0. The predicted molar refractivity (Wildman–Crippen MR) is 51.8 cm³/mol. The molecule has 0 radical (unpaired) electrons. The zero-order chi connectivity index (χ0) is 11.0. The van der Waals surface area contributed by atoms with Gasteiger partial charge in [0.1, 0.15) is 12.4 Å². The van der Waals surface area contributed by atoms with E-state index in [1.807, 2.05) is 6.92 Å². The van der Waals surface area contributed by atoms with Crippen molar-refractivity contribution in [1.82, 2.24) is 0 Å². The number of hydrogen-bond acceptors (Lipinski definition) is 4.